The molecule has 1 aromatic carbocycles. The predicted octanol–water partition coefficient (Wildman–Crippen LogP) is 2.40. The third-order valence-corrected chi connectivity index (χ3v) is 5.06. The highest BCUT2D eigenvalue weighted by molar-refractivity contribution is 5.94. The number of rotatable bonds is 4. The van der Waals surface area contributed by atoms with Crippen molar-refractivity contribution in [2.24, 2.45) is 0 Å². The SMILES string of the molecule is Cc1ccc(C(=O)N2CCN(CC(=O)Nc3cccc(C)c3C)CC2)cn1. The minimum absolute atomic E-state index is 0.00184. The molecule has 1 aliphatic rings. The van der Waals surface area contributed by atoms with Gasteiger partial charge in [0.25, 0.3) is 5.91 Å². The van der Waals surface area contributed by atoms with Crippen LogP contribution in [0.2, 0.25) is 0 Å². The van der Waals surface area contributed by atoms with Crippen molar-refractivity contribution in [3.63, 3.8) is 0 Å². The number of pyridine rings is 1. The second-order valence-electron chi connectivity index (χ2n) is 7.05. The van der Waals surface area contributed by atoms with E-state index < -0.39 is 0 Å². The van der Waals surface area contributed by atoms with Crippen LogP contribution < -0.4 is 5.32 Å². The Hall–Kier alpha value is -2.73. The molecule has 0 spiro atoms. The molecule has 0 atom stereocenters. The van der Waals surface area contributed by atoms with E-state index in [0.717, 1.165) is 22.5 Å². The summed E-state index contributed by atoms with van der Waals surface area (Å²) < 4.78 is 0. The Morgan fingerprint density at radius 3 is 2.44 bits per heavy atom. The van der Waals surface area contributed by atoms with Gasteiger partial charge in [-0.1, -0.05) is 12.1 Å². The topological polar surface area (TPSA) is 65.5 Å². The molecule has 1 N–H and O–H groups in total. The Kier molecular flexibility index (Phi) is 5.86. The molecule has 1 aromatic heterocycles. The zero-order valence-corrected chi connectivity index (χ0v) is 16.2. The maximum atomic E-state index is 12.5. The van der Waals surface area contributed by atoms with Crippen LogP contribution in [0.15, 0.2) is 36.5 Å². The van der Waals surface area contributed by atoms with Crippen LogP contribution in [-0.4, -0.2) is 59.3 Å². The monoisotopic (exact) mass is 366 g/mol. The fourth-order valence-electron chi connectivity index (χ4n) is 3.17. The number of carbonyl (C=O) groups is 2. The summed E-state index contributed by atoms with van der Waals surface area (Å²) in [4.78, 5) is 33.0. The molecule has 6 nitrogen and oxygen atoms in total. The number of anilines is 1. The molecule has 0 radical (unpaired) electrons. The average Bonchev–Trinajstić information content (AvgIpc) is 2.66. The fourth-order valence-corrected chi connectivity index (χ4v) is 3.17. The molecule has 0 bridgehead atoms. The van der Waals surface area contributed by atoms with Crippen LogP contribution in [0.3, 0.4) is 0 Å². The van der Waals surface area contributed by atoms with Gasteiger partial charge in [0.05, 0.1) is 12.1 Å². The molecule has 1 fully saturated rings. The van der Waals surface area contributed by atoms with E-state index in [1.165, 1.54) is 0 Å². The van der Waals surface area contributed by atoms with E-state index in [4.69, 9.17) is 0 Å². The quantitative estimate of drug-likeness (QED) is 0.902. The molecule has 2 heterocycles. The summed E-state index contributed by atoms with van der Waals surface area (Å²) in [7, 11) is 0. The number of nitrogens with one attached hydrogen (secondary N) is 1. The van der Waals surface area contributed by atoms with Crippen molar-refractivity contribution in [2.45, 2.75) is 20.8 Å². The van der Waals surface area contributed by atoms with Crippen LogP contribution in [0.5, 0.6) is 0 Å². The first kappa shape index (κ1) is 19.0. The summed E-state index contributed by atoms with van der Waals surface area (Å²) in [6.07, 6.45) is 1.63. The highest BCUT2D eigenvalue weighted by Crippen LogP contribution is 2.18. The average molecular weight is 366 g/mol. The highest BCUT2D eigenvalue weighted by atomic mass is 16.2. The normalized spacial score (nSPS) is 14.9. The van der Waals surface area contributed by atoms with E-state index in [2.05, 4.69) is 15.2 Å². The van der Waals surface area contributed by atoms with E-state index in [1.54, 1.807) is 6.20 Å². The van der Waals surface area contributed by atoms with Crippen molar-refractivity contribution in [1.29, 1.82) is 0 Å². The number of aryl methyl sites for hydroxylation is 2. The summed E-state index contributed by atoms with van der Waals surface area (Å²) in [5, 5.41) is 2.99. The molecule has 0 saturated carbocycles. The Labute approximate surface area is 160 Å². The van der Waals surface area contributed by atoms with Gasteiger partial charge in [-0.25, -0.2) is 0 Å². The third-order valence-electron chi connectivity index (χ3n) is 5.06. The predicted molar refractivity (Wildman–Crippen MR) is 106 cm³/mol. The highest BCUT2D eigenvalue weighted by Gasteiger charge is 2.23. The van der Waals surface area contributed by atoms with Crippen molar-refractivity contribution in [3.05, 3.63) is 58.9 Å². The smallest absolute Gasteiger partial charge is 0.255 e. The number of hydrogen-bond acceptors (Lipinski definition) is 4. The molecule has 2 amide bonds. The Balaban J connectivity index is 1.50. The lowest BCUT2D eigenvalue weighted by atomic mass is 10.1. The van der Waals surface area contributed by atoms with Gasteiger partial charge in [0.1, 0.15) is 0 Å². The summed E-state index contributed by atoms with van der Waals surface area (Å²) in [6, 6.07) is 9.56. The van der Waals surface area contributed by atoms with E-state index in [0.29, 0.717) is 38.3 Å². The first-order valence-electron chi connectivity index (χ1n) is 9.24. The van der Waals surface area contributed by atoms with Crippen LogP contribution in [-0.2, 0) is 4.79 Å². The largest absolute Gasteiger partial charge is 0.336 e. The van der Waals surface area contributed by atoms with E-state index in [1.807, 2.05) is 56.0 Å². The van der Waals surface area contributed by atoms with Crippen molar-refractivity contribution in [3.8, 4) is 0 Å². The van der Waals surface area contributed by atoms with Crippen molar-refractivity contribution < 1.29 is 9.59 Å². The lowest BCUT2D eigenvalue weighted by Gasteiger charge is -2.34. The molecule has 6 heteroatoms. The van der Waals surface area contributed by atoms with Crippen LogP contribution in [0.1, 0.15) is 27.2 Å². The van der Waals surface area contributed by atoms with E-state index in [9.17, 15) is 9.59 Å². The maximum absolute atomic E-state index is 12.5. The number of amides is 2. The van der Waals surface area contributed by atoms with E-state index >= 15 is 0 Å². The molecule has 1 aliphatic heterocycles. The van der Waals surface area contributed by atoms with Gasteiger partial charge in [-0.3, -0.25) is 19.5 Å². The molecule has 2 aromatic rings. The number of aromatic nitrogens is 1. The van der Waals surface area contributed by atoms with Crippen molar-refractivity contribution in [2.75, 3.05) is 38.0 Å². The lowest BCUT2D eigenvalue weighted by molar-refractivity contribution is -0.117. The first-order valence-corrected chi connectivity index (χ1v) is 9.24. The van der Waals surface area contributed by atoms with Gasteiger partial charge in [0.2, 0.25) is 5.91 Å². The minimum atomic E-state index is -0.0220. The second-order valence-corrected chi connectivity index (χ2v) is 7.05. The van der Waals surface area contributed by atoms with Crippen molar-refractivity contribution >= 4 is 17.5 Å². The fraction of sp³-hybridized carbons (Fsp3) is 0.381. The van der Waals surface area contributed by atoms with Gasteiger partial charge in [0.15, 0.2) is 0 Å². The molecular weight excluding hydrogens is 340 g/mol. The second kappa shape index (κ2) is 8.31. The Morgan fingerprint density at radius 2 is 1.78 bits per heavy atom. The number of piperazine rings is 1. The van der Waals surface area contributed by atoms with Gasteiger partial charge in [0, 0.05) is 43.8 Å². The zero-order chi connectivity index (χ0) is 19.4. The van der Waals surface area contributed by atoms with Gasteiger partial charge in [-0.2, -0.15) is 0 Å². The first-order chi connectivity index (χ1) is 12.9. The van der Waals surface area contributed by atoms with Gasteiger partial charge in [-0.05, 0) is 50.1 Å². The summed E-state index contributed by atoms with van der Waals surface area (Å²) >= 11 is 0. The van der Waals surface area contributed by atoms with Crippen LogP contribution >= 0.6 is 0 Å². The minimum Gasteiger partial charge on any atom is -0.336 e. The number of carbonyl (C=O) groups excluding carboxylic acids is 2. The molecule has 27 heavy (non-hydrogen) atoms. The lowest BCUT2D eigenvalue weighted by Crippen LogP contribution is -2.50. The van der Waals surface area contributed by atoms with Crippen molar-refractivity contribution in [1.82, 2.24) is 14.8 Å². The summed E-state index contributed by atoms with van der Waals surface area (Å²) in [5.41, 5.74) is 4.62. The van der Waals surface area contributed by atoms with Crippen LogP contribution in [0.4, 0.5) is 5.69 Å². The number of nitrogens with zero attached hydrogens (tertiary/aromatic N) is 3. The standard InChI is InChI=1S/C21H26N4O2/c1-15-5-4-6-19(17(15)3)23-20(26)14-24-9-11-25(12-10-24)21(27)18-8-7-16(2)22-13-18/h4-8,13H,9-12,14H2,1-3H3,(H,23,26). The molecule has 0 aliphatic carbocycles. The molecule has 0 unspecified atom stereocenters. The zero-order valence-electron chi connectivity index (χ0n) is 16.2. The van der Waals surface area contributed by atoms with Gasteiger partial charge in [-0.15, -0.1) is 0 Å². The Morgan fingerprint density at radius 1 is 1.04 bits per heavy atom. The Bertz CT molecular complexity index is 825. The number of benzene rings is 1. The summed E-state index contributed by atoms with van der Waals surface area (Å²) in [5.74, 6) is -0.0202. The number of hydrogen-bond donors (Lipinski definition) is 1. The molecule has 142 valence electrons. The van der Waals surface area contributed by atoms with E-state index in [-0.39, 0.29) is 11.8 Å². The molecule has 3 rings (SSSR count). The maximum Gasteiger partial charge on any atom is 0.255 e. The van der Waals surface area contributed by atoms with Crippen LogP contribution in [0, 0.1) is 20.8 Å². The molecule has 1 saturated heterocycles. The van der Waals surface area contributed by atoms with Gasteiger partial charge >= 0.3 is 0 Å². The molecular formula is C21H26N4O2. The summed E-state index contributed by atoms with van der Waals surface area (Å²) in [6.45, 7) is 8.88. The van der Waals surface area contributed by atoms with Gasteiger partial charge < -0.3 is 10.2 Å². The third kappa shape index (κ3) is 4.71. The van der Waals surface area contributed by atoms with Crippen LogP contribution in [0.25, 0.3) is 0 Å².